The second-order valence-corrected chi connectivity index (χ2v) is 5.11. The van der Waals surface area contributed by atoms with Gasteiger partial charge < -0.3 is 9.84 Å². The third-order valence-electron chi connectivity index (χ3n) is 2.38. The van der Waals surface area contributed by atoms with Crippen molar-refractivity contribution in [3.8, 4) is 11.6 Å². The van der Waals surface area contributed by atoms with Gasteiger partial charge in [-0.2, -0.15) is 0 Å². The van der Waals surface area contributed by atoms with Crippen LogP contribution in [0.4, 0.5) is 5.69 Å². The Morgan fingerprint density at radius 3 is 2.71 bits per heavy atom. The summed E-state index contributed by atoms with van der Waals surface area (Å²) in [6.45, 7) is 0. The summed E-state index contributed by atoms with van der Waals surface area (Å²) in [6.07, 6.45) is 0.911. The number of aromatic nitrogens is 1. The maximum Gasteiger partial charge on any atom is 0.341 e. The van der Waals surface area contributed by atoms with Crippen molar-refractivity contribution in [3.05, 3.63) is 55.6 Å². The molecule has 21 heavy (non-hydrogen) atoms. The van der Waals surface area contributed by atoms with E-state index in [9.17, 15) is 14.9 Å². The van der Waals surface area contributed by atoms with Crippen LogP contribution in [0.1, 0.15) is 10.4 Å². The van der Waals surface area contributed by atoms with Crippen molar-refractivity contribution in [2.24, 2.45) is 0 Å². The normalized spacial score (nSPS) is 10.2. The summed E-state index contributed by atoms with van der Waals surface area (Å²) in [7, 11) is 0. The average Bonchev–Trinajstić information content (AvgIpc) is 2.41. The number of halogens is 2. The van der Waals surface area contributed by atoms with E-state index in [1.54, 1.807) is 12.1 Å². The Morgan fingerprint density at radius 1 is 1.43 bits per heavy atom. The van der Waals surface area contributed by atoms with Crippen LogP contribution in [0, 0.1) is 10.1 Å². The lowest BCUT2D eigenvalue weighted by molar-refractivity contribution is -0.385. The molecule has 1 aromatic heterocycles. The van der Waals surface area contributed by atoms with Crippen LogP contribution in [0.5, 0.6) is 11.6 Å². The van der Waals surface area contributed by atoms with Gasteiger partial charge in [-0.3, -0.25) is 10.1 Å². The molecule has 0 aliphatic carbocycles. The maximum atomic E-state index is 11.1. The smallest absolute Gasteiger partial charge is 0.341 e. The quantitative estimate of drug-likeness (QED) is 0.644. The van der Waals surface area contributed by atoms with Crippen LogP contribution < -0.4 is 4.74 Å². The summed E-state index contributed by atoms with van der Waals surface area (Å²) in [6, 6.07) is 5.59. The van der Waals surface area contributed by atoms with Gasteiger partial charge in [0.25, 0.3) is 5.69 Å². The van der Waals surface area contributed by atoms with Crippen LogP contribution in [-0.4, -0.2) is 21.0 Å². The van der Waals surface area contributed by atoms with Crippen molar-refractivity contribution in [1.82, 2.24) is 4.98 Å². The average molecular weight is 374 g/mol. The molecule has 7 nitrogen and oxygen atoms in total. The number of aromatic carboxylic acids is 1. The summed E-state index contributed by atoms with van der Waals surface area (Å²) < 4.78 is 6.04. The summed E-state index contributed by atoms with van der Waals surface area (Å²) in [5.74, 6) is -1.49. The Bertz CT molecular complexity index is 738. The minimum absolute atomic E-state index is 0.184. The fourth-order valence-electron chi connectivity index (χ4n) is 1.44. The van der Waals surface area contributed by atoms with E-state index in [2.05, 4.69) is 20.9 Å². The molecular formula is C12H6BrClN2O5. The minimum atomic E-state index is -1.39. The predicted octanol–water partition coefficient (Wildman–Crippen LogP) is 3.90. The molecule has 0 unspecified atom stereocenters. The Balaban J connectivity index is 2.44. The molecule has 0 aliphatic rings. The predicted molar refractivity (Wildman–Crippen MR) is 77.1 cm³/mol. The molecule has 0 bridgehead atoms. The molecule has 0 fully saturated rings. The highest BCUT2D eigenvalue weighted by Gasteiger charge is 2.20. The molecule has 0 aliphatic heterocycles. The molecule has 2 aromatic rings. The zero-order chi connectivity index (χ0) is 15.6. The highest BCUT2D eigenvalue weighted by Crippen LogP contribution is 2.33. The van der Waals surface area contributed by atoms with Gasteiger partial charge in [-0.25, -0.2) is 9.78 Å². The summed E-state index contributed by atoms with van der Waals surface area (Å²) in [4.78, 5) is 24.7. The zero-order valence-corrected chi connectivity index (χ0v) is 12.5. The standard InChI is InChI=1S/C12H6BrClN2O5/c13-6-1-2-10(9(14)3-6)21-11-8(12(17)18)4-7(5-15-11)16(19)20/h1-5H,(H,17,18). The number of ether oxygens (including phenoxy) is 1. The zero-order valence-electron chi connectivity index (χ0n) is 10.1. The number of pyridine rings is 1. The number of rotatable bonds is 4. The number of hydrogen-bond donors (Lipinski definition) is 1. The van der Waals surface area contributed by atoms with E-state index in [-0.39, 0.29) is 16.7 Å². The van der Waals surface area contributed by atoms with Gasteiger partial charge in [0.2, 0.25) is 5.88 Å². The maximum absolute atomic E-state index is 11.1. The highest BCUT2D eigenvalue weighted by atomic mass is 79.9. The molecule has 9 heteroatoms. The molecule has 2 rings (SSSR count). The first-order chi connectivity index (χ1) is 9.88. The number of nitrogens with zero attached hydrogens (tertiary/aromatic N) is 2. The van der Waals surface area contributed by atoms with Gasteiger partial charge in [0, 0.05) is 10.5 Å². The Labute approximate surface area is 131 Å². The third-order valence-corrected chi connectivity index (χ3v) is 3.17. The van der Waals surface area contributed by atoms with Gasteiger partial charge in [-0.1, -0.05) is 27.5 Å². The fraction of sp³-hybridized carbons (Fsp3) is 0. The number of carbonyl (C=O) groups is 1. The number of carboxylic acid groups (broad SMARTS) is 1. The summed E-state index contributed by atoms with van der Waals surface area (Å²) in [5.41, 5.74) is -0.871. The lowest BCUT2D eigenvalue weighted by atomic mass is 10.2. The first-order valence-corrected chi connectivity index (χ1v) is 6.56. The SMILES string of the molecule is O=C(O)c1cc([N+](=O)[O-])cnc1Oc1ccc(Br)cc1Cl. The molecule has 1 aromatic carbocycles. The van der Waals surface area contributed by atoms with Gasteiger partial charge >= 0.3 is 5.97 Å². The lowest BCUT2D eigenvalue weighted by Crippen LogP contribution is -2.04. The molecule has 0 amide bonds. The fourth-order valence-corrected chi connectivity index (χ4v) is 2.15. The minimum Gasteiger partial charge on any atom is -0.477 e. The number of hydrogen-bond acceptors (Lipinski definition) is 5. The van der Waals surface area contributed by atoms with E-state index in [1.165, 1.54) is 6.07 Å². The van der Waals surface area contributed by atoms with Crippen LogP contribution in [0.15, 0.2) is 34.9 Å². The molecule has 0 radical (unpaired) electrons. The van der Waals surface area contributed by atoms with Crippen LogP contribution in [-0.2, 0) is 0 Å². The Hall–Kier alpha value is -2.19. The van der Waals surface area contributed by atoms with Crippen LogP contribution in [0.3, 0.4) is 0 Å². The molecule has 1 heterocycles. The van der Waals surface area contributed by atoms with Crippen molar-refractivity contribution in [3.63, 3.8) is 0 Å². The summed E-state index contributed by atoms with van der Waals surface area (Å²) >= 11 is 9.17. The molecule has 1 N–H and O–H groups in total. The lowest BCUT2D eigenvalue weighted by Gasteiger charge is -2.09. The second-order valence-electron chi connectivity index (χ2n) is 3.79. The number of carboxylic acids is 1. The summed E-state index contributed by atoms with van der Waals surface area (Å²) in [5, 5.41) is 20.0. The number of benzene rings is 1. The van der Waals surface area contributed by atoms with Crippen molar-refractivity contribution in [2.45, 2.75) is 0 Å². The van der Waals surface area contributed by atoms with E-state index in [4.69, 9.17) is 21.4 Å². The third kappa shape index (κ3) is 3.47. The van der Waals surface area contributed by atoms with Gasteiger partial charge in [0.05, 0.1) is 9.95 Å². The van der Waals surface area contributed by atoms with Gasteiger partial charge in [-0.15, -0.1) is 0 Å². The van der Waals surface area contributed by atoms with Crippen LogP contribution in [0.25, 0.3) is 0 Å². The van der Waals surface area contributed by atoms with E-state index in [0.29, 0.717) is 0 Å². The highest BCUT2D eigenvalue weighted by molar-refractivity contribution is 9.10. The Kier molecular flexibility index (Phi) is 4.39. The monoisotopic (exact) mass is 372 g/mol. The molecule has 0 saturated heterocycles. The van der Waals surface area contributed by atoms with Crippen molar-refractivity contribution in [2.75, 3.05) is 0 Å². The van der Waals surface area contributed by atoms with E-state index in [1.807, 2.05) is 0 Å². The van der Waals surface area contributed by atoms with Crippen molar-refractivity contribution < 1.29 is 19.6 Å². The van der Waals surface area contributed by atoms with Gasteiger partial charge in [-0.05, 0) is 18.2 Å². The second kappa shape index (κ2) is 6.06. The van der Waals surface area contributed by atoms with E-state index >= 15 is 0 Å². The van der Waals surface area contributed by atoms with Crippen LogP contribution in [0.2, 0.25) is 5.02 Å². The van der Waals surface area contributed by atoms with Crippen LogP contribution >= 0.6 is 27.5 Å². The molecule has 108 valence electrons. The first kappa shape index (κ1) is 15.2. The van der Waals surface area contributed by atoms with Gasteiger partial charge in [0.15, 0.2) is 0 Å². The largest absolute Gasteiger partial charge is 0.477 e. The van der Waals surface area contributed by atoms with E-state index < -0.39 is 22.1 Å². The van der Waals surface area contributed by atoms with Crippen molar-refractivity contribution in [1.29, 1.82) is 0 Å². The molecule has 0 atom stereocenters. The van der Waals surface area contributed by atoms with E-state index in [0.717, 1.165) is 16.7 Å². The first-order valence-electron chi connectivity index (χ1n) is 5.39. The molecular weight excluding hydrogens is 367 g/mol. The topological polar surface area (TPSA) is 103 Å². The number of nitro groups is 1. The van der Waals surface area contributed by atoms with Crippen molar-refractivity contribution >= 4 is 39.2 Å². The van der Waals surface area contributed by atoms with Gasteiger partial charge in [0.1, 0.15) is 17.5 Å². The Morgan fingerprint density at radius 2 is 2.14 bits per heavy atom. The molecule has 0 saturated carbocycles. The molecule has 0 spiro atoms.